The molecule has 2 N–H and O–H groups in total. The summed E-state index contributed by atoms with van der Waals surface area (Å²) < 4.78 is 0. The highest BCUT2D eigenvalue weighted by molar-refractivity contribution is 7.99. The predicted octanol–water partition coefficient (Wildman–Crippen LogP) is 0.956. The van der Waals surface area contributed by atoms with Crippen molar-refractivity contribution in [2.75, 3.05) is 6.61 Å². The number of aliphatic hydroxyl groups excluding tert-OH is 1. The van der Waals surface area contributed by atoms with E-state index >= 15 is 0 Å². The molecule has 1 aromatic heterocycles. The van der Waals surface area contributed by atoms with Gasteiger partial charge in [-0.05, 0) is 13.0 Å². The average Bonchev–Trinajstić information content (AvgIpc) is 2.16. The van der Waals surface area contributed by atoms with Crippen LogP contribution in [0.3, 0.4) is 0 Å². The highest BCUT2D eigenvalue weighted by atomic mass is 32.2. The van der Waals surface area contributed by atoms with Crippen LogP contribution in [0.15, 0.2) is 11.2 Å². The van der Waals surface area contributed by atoms with Gasteiger partial charge in [-0.3, -0.25) is 0 Å². The molecule has 0 aliphatic rings. The minimum Gasteiger partial charge on any atom is -0.477 e. The van der Waals surface area contributed by atoms with Crippen LogP contribution in [0.1, 0.15) is 23.1 Å². The molecule has 5 nitrogen and oxygen atoms in total. The smallest absolute Gasteiger partial charge is 0.354 e. The van der Waals surface area contributed by atoms with Gasteiger partial charge in [0, 0.05) is 10.9 Å². The molecule has 15 heavy (non-hydrogen) atoms. The van der Waals surface area contributed by atoms with Crippen LogP contribution in [-0.2, 0) is 0 Å². The summed E-state index contributed by atoms with van der Waals surface area (Å²) in [5.74, 6) is -1.07. The maximum Gasteiger partial charge on any atom is 0.354 e. The molecular formula is C9H12N2O3S. The SMILES string of the molecule is Cc1cc(C(=O)O)nc(SC(C)CO)n1. The molecule has 1 atom stereocenters. The molecule has 82 valence electrons. The van der Waals surface area contributed by atoms with E-state index in [1.807, 2.05) is 6.92 Å². The van der Waals surface area contributed by atoms with Crippen LogP contribution < -0.4 is 0 Å². The Bertz CT molecular complexity index is 370. The lowest BCUT2D eigenvalue weighted by molar-refractivity contribution is 0.0689. The van der Waals surface area contributed by atoms with Crippen molar-refractivity contribution >= 4 is 17.7 Å². The third-order valence-corrected chi connectivity index (χ3v) is 2.56. The highest BCUT2D eigenvalue weighted by Gasteiger charge is 2.11. The zero-order chi connectivity index (χ0) is 11.4. The van der Waals surface area contributed by atoms with Crippen molar-refractivity contribution in [1.82, 2.24) is 9.97 Å². The molecule has 0 spiro atoms. The summed E-state index contributed by atoms with van der Waals surface area (Å²) in [5.41, 5.74) is 0.588. The van der Waals surface area contributed by atoms with Crippen LogP contribution >= 0.6 is 11.8 Å². The fourth-order valence-corrected chi connectivity index (χ4v) is 1.70. The van der Waals surface area contributed by atoms with Crippen molar-refractivity contribution < 1.29 is 15.0 Å². The van der Waals surface area contributed by atoms with E-state index in [1.165, 1.54) is 17.8 Å². The van der Waals surface area contributed by atoms with Gasteiger partial charge < -0.3 is 10.2 Å². The zero-order valence-corrected chi connectivity index (χ0v) is 9.28. The second kappa shape index (κ2) is 5.09. The van der Waals surface area contributed by atoms with Gasteiger partial charge in [-0.2, -0.15) is 0 Å². The van der Waals surface area contributed by atoms with Gasteiger partial charge in [0.05, 0.1) is 6.61 Å². The van der Waals surface area contributed by atoms with Crippen LogP contribution in [0.5, 0.6) is 0 Å². The van der Waals surface area contributed by atoms with Gasteiger partial charge in [0.15, 0.2) is 10.9 Å². The summed E-state index contributed by atoms with van der Waals surface area (Å²) in [7, 11) is 0. The molecule has 1 heterocycles. The van der Waals surface area contributed by atoms with Gasteiger partial charge in [0.25, 0.3) is 0 Å². The van der Waals surface area contributed by atoms with Crippen LogP contribution in [0, 0.1) is 6.92 Å². The molecule has 0 aromatic carbocycles. The Morgan fingerprint density at radius 3 is 2.80 bits per heavy atom. The monoisotopic (exact) mass is 228 g/mol. The second-order valence-corrected chi connectivity index (χ2v) is 4.50. The van der Waals surface area contributed by atoms with Gasteiger partial charge in [-0.15, -0.1) is 0 Å². The molecule has 0 aliphatic carbocycles. The minimum atomic E-state index is -1.07. The van der Waals surface area contributed by atoms with E-state index in [4.69, 9.17) is 10.2 Å². The maximum absolute atomic E-state index is 10.7. The molecule has 1 rings (SSSR count). The lowest BCUT2D eigenvalue weighted by Crippen LogP contribution is -2.07. The van der Waals surface area contributed by atoms with Crippen molar-refractivity contribution in [1.29, 1.82) is 0 Å². The lowest BCUT2D eigenvalue weighted by Gasteiger charge is -2.06. The van der Waals surface area contributed by atoms with Crippen molar-refractivity contribution in [2.24, 2.45) is 0 Å². The van der Waals surface area contributed by atoms with Crippen LogP contribution in [0.2, 0.25) is 0 Å². The Hall–Kier alpha value is -1.14. The summed E-state index contributed by atoms with van der Waals surface area (Å²) in [5, 5.41) is 18.0. The van der Waals surface area contributed by atoms with Gasteiger partial charge in [0.1, 0.15) is 0 Å². The van der Waals surface area contributed by atoms with E-state index in [0.29, 0.717) is 10.9 Å². The standard InChI is InChI=1S/C9H12N2O3S/c1-5-3-7(8(13)14)11-9(10-5)15-6(2)4-12/h3,6,12H,4H2,1-2H3,(H,13,14). The molecule has 1 unspecified atom stereocenters. The molecule has 0 amide bonds. The first-order valence-corrected chi connectivity index (χ1v) is 5.27. The Kier molecular flexibility index (Phi) is 4.05. The topological polar surface area (TPSA) is 83.3 Å². The van der Waals surface area contributed by atoms with E-state index in [9.17, 15) is 4.79 Å². The van der Waals surface area contributed by atoms with Crippen LogP contribution in [-0.4, -0.2) is 38.0 Å². The largest absolute Gasteiger partial charge is 0.477 e. The number of rotatable bonds is 4. The quantitative estimate of drug-likeness (QED) is 0.590. The molecule has 0 radical (unpaired) electrons. The van der Waals surface area contributed by atoms with Crippen molar-refractivity contribution in [2.45, 2.75) is 24.3 Å². The van der Waals surface area contributed by atoms with Crippen molar-refractivity contribution in [3.05, 3.63) is 17.5 Å². The number of aromatic carboxylic acids is 1. The van der Waals surface area contributed by atoms with E-state index in [2.05, 4.69) is 9.97 Å². The Morgan fingerprint density at radius 2 is 2.27 bits per heavy atom. The number of hydrogen-bond donors (Lipinski definition) is 2. The Labute approximate surface area is 91.6 Å². The average molecular weight is 228 g/mol. The number of carboxylic acids is 1. The van der Waals surface area contributed by atoms with E-state index in [0.717, 1.165) is 0 Å². The fraction of sp³-hybridized carbons (Fsp3) is 0.444. The van der Waals surface area contributed by atoms with E-state index in [-0.39, 0.29) is 17.6 Å². The van der Waals surface area contributed by atoms with Crippen LogP contribution in [0.4, 0.5) is 0 Å². The molecule has 0 aliphatic heterocycles. The van der Waals surface area contributed by atoms with E-state index < -0.39 is 5.97 Å². The first-order valence-electron chi connectivity index (χ1n) is 4.39. The van der Waals surface area contributed by atoms with Gasteiger partial charge >= 0.3 is 5.97 Å². The summed E-state index contributed by atoms with van der Waals surface area (Å²) in [6.45, 7) is 3.53. The molecule has 1 aromatic rings. The number of aliphatic hydroxyl groups is 1. The van der Waals surface area contributed by atoms with Crippen molar-refractivity contribution in [3.63, 3.8) is 0 Å². The Morgan fingerprint density at radius 1 is 1.60 bits per heavy atom. The normalized spacial score (nSPS) is 12.5. The van der Waals surface area contributed by atoms with Gasteiger partial charge in [-0.1, -0.05) is 18.7 Å². The number of thioether (sulfide) groups is 1. The first kappa shape index (κ1) is 11.9. The lowest BCUT2D eigenvalue weighted by atomic mass is 10.3. The van der Waals surface area contributed by atoms with Crippen molar-refractivity contribution in [3.8, 4) is 0 Å². The second-order valence-electron chi connectivity index (χ2n) is 3.09. The molecular weight excluding hydrogens is 216 g/mol. The maximum atomic E-state index is 10.7. The fourth-order valence-electron chi connectivity index (χ4n) is 0.921. The minimum absolute atomic E-state index is 0.00434. The Balaban J connectivity index is 2.93. The summed E-state index contributed by atoms with van der Waals surface area (Å²) in [6.07, 6.45) is 0. The number of aromatic nitrogens is 2. The molecule has 0 bridgehead atoms. The van der Waals surface area contributed by atoms with Gasteiger partial charge in [0.2, 0.25) is 0 Å². The third kappa shape index (κ3) is 3.49. The first-order chi connectivity index (χ1) is 7.02. The van der Waals surface area contributed by atoms with E-state index in [1.54, 1.807) is 6.92 Å². The summed E-state index contributed by atoms with van der Waals surface area (Å²) in [4.78, 5) is 18.7. The number of carbonyl (C=O) groups is 1. The zero-order valence-electron chi connectivity index (χ0n) is 8.47. The third-order valence-electron chi connectivity index (χ3n) is 1.62. The molecule has 0 fully saturated rings. The van der Waals surface area contributed by atoms with Crippen LogP contribution in [0.25, 0.3) is 0 Å². The predicted molar refractivity (Wildman–Crippen MR) is 56.1 cm³/mol. The molecule has 0 saturated carbocycles. The number of aryl methyl sites for hydroxylation is 1. The molecule has 6 heteroatoms. The highest BCUT2D eigenvalue weighted by Crippen LogP contribution is 2.19. The summed E-state index contributed by atoms with van der Waals surface area (Å²) >= 11 is 1.25. The number of nitrogens with zero attached hydrogens (tertiary/aromatic N) is 2. The summed E-state index contributed by atoms with van der Waals surface area (Å²) in [6, 6.07) is 1.41. The molecule has 0 saturated heterocycles. The van der Waals surface area contributed by atoms with Gasteiger partial charge in [-0.25, -0.2) is 14.8 Å². The number of carboxylic acid groups (broad SMARTS) is 1. The number of hydrogen-bond acceptors (Lipinski definition) is 5.